The molecular formula is C21H25BrN4O2. The van der Waals surface area contributed by atoms with Crippen LogP contribution in [0.3, 0.4) is 0 Å². The minimum atomic E-state index is -0.585. The highest BCUT2D eigenvalue weighted by Gasteiger charge is 2.30. The first-order valence-electron chi connectivity index (χ1n) is 9.26. The molecule has 3 aromatic rings. The first-order valence-corrected chi connectivity index (χ1v) is 10.1. The van der Waals surface area contributed by atoms with Crippen molar-refractivity contribution in [1.29, 1.82) is 0 Å². The lowest BCUT2D eigenvalue weighted by Gasteiger charge is -2.24. The number of hydrogen-bond donors (Lipinski definition) is 1. The number of rotatable bonds is 9. The van der Waals surface area contributed by atoms with Gasteiger partial charge >= 0.3 is 0 Å². The second kappa shape index (κ2) is 8.94. The Morgan fingerprint density at radius 3 is 2.68 bits per heavy atom. The van der Waals surface area contributed by atoms with Crippen molar-refractivity contribution in [2.24, 2.45) is 11.1 Å². The number of ketones is 1. The van der Waals surface area contributed by atoms with Crippen LogP contribution >= 0.6 is 15.9 Å². The maximum absolute atomic E-state index is 12.8. The Labute approximate surface area is 173 Å². The fourth-order valence-electron chi connectivity index (χ4n) is 2.89. The van der Waals surface area contributed by atoms with Crippen molar-refractivity contribution < 1.29 is 9.53 Å². The van der Waals surface area contributed by atoms with Crippen LogP contribution in [0.25, 0.3) is 5.65 Å². The van der Waals surface area contributed by atoms with Crippen LogP contribution in [0, 0.1) is 5.41 Å². The predicted octanol–water partition coefficient (Wildman–Crippen LogP) is 3.74. The molecule has 7 heteroatoms. The molecule has 0 spiro atoms. The number of nitrogens with two attached hydrogens (primary N) is 1. The van der Waals surface area contributed by atoms with E-state index >= 15 is 0 Å². The molecule has 0 bridgehead atoms. The third kappa shape index (κ3) is 4.84. The summed E-state index contributed by atoms with van der Waals surface area (Å²) in [6.07, 6.45) is 2.21. The zero-order chi connectivity index (χ0) is 20.1. The first-order chi connectivity index (χ1) is 13.4. The quantitative estimate of drug-likeness (QED) is 0.543. The molecule has 0 saturated heterocycles. The molecule has 0 aliphatic carbocycles. The van der Waals surface area contributed by atoms with E-state index < -0.39 is 5.41 Å². The number of carbonyl (C=O) groups excluding carboxylic acids is 1. The van der Waals surface area contributed by atoms with E-state index in [0.29, 0.717) is 32.0 Å². The highest BCUT2D eigenvalue weighted by Crippen LogP contribution is 2.27. The van der Waals surface area contributed by atoms with Crippen LogP contribution < -0.4 is 5.73 Å². The Morgan fingerprint density at radius 2 is 1.96 bits per heavy atom. The number of benzene rings is 1. The average molecular weight is 445 g/mol. The largest absolute Gasteiger partial charge is 0.376 e. The van der Waals surface area contributed by atoms with Crippen molar-refractivity contribution in [3.8, 4) is 0 Å². The molecule has 2 N–H and O–H groups in total. The Kier molecular flexibility index (Phi) is 6.59. The molecule has 28 heavy (non-hydrogen) atoms. The monoisotopic (exact) mass is 444 g/mol. The highest BCUT2D eigenvalue weighted by molar-refractivity contribution is 9.10. The summed E-state index contributed by atoms with van der Waals surface area (Å²) in [6.45, 7) is 4.89. The normalized spacial score (nSPS) is 13.0. The number of Topliss-reactive ketones (excluding diaryl/α,β-unsaturated/α-hetero) is 1. The topological polar surface area (TPSA) is 82.5 Å². The molecule has 0 amide bonds. The van der Waals surface area contributed by atoms with Crippen molar-refractivity contribution in [3.63, 3.8) is 0 Å². The second-order valence-electron chi connectivity index (χ2n) is 7.55. The number of halogens is 1. The van der Waals surface area contributed by atoms with Crippen molar-refractivity contribution in [2.45, 2.75) is 32.8 Å². The van der Waals surface area contributed by atoms with E-state index in [1.54, 1.807) is 0 Å². The predicted molar refractivity (Wildman–Crippen MR) is 112 cm³/mol. The number of ether oxygens (including phenoxy) is 1. The number of carbonyl (C=O) groups is 1. The lowest BCUT2D eigenvalue weighted by Crippen LogP contribution is -2.34. The zero-order valence-electron chi connectivity index (χ0n) is 16.1. The average Bonchev–Trinajstić information content (AvgIpc) is 3.10. The summed E-state index contributed by atoms with van der Waals surface area (Å²) in [4.78, 5) is 12.8. The van der Waals surface area contributed by atoms with E-state index in [-0.39, 0.29) is 11.7 Å². The van der Waals surface area contributed by atoms with E-state index in [0.717, 1.165) is 15.7 Å². The van der Waals surface area contributed by atoms with Crippen LogP contribution in [0.1, 0.15) is 37.6 Å². The summed E-state index contributed by atoms with van der Waals surface area (Å²) in [5.41, 5.74) is 7.03. The Hall–Kier alpha value is -2.09. The van der Waals surface area contributed by atoms with E-state index in [2.05, 4.69) is 26.1 Å². The molecule has 3 rings (SSSR count). The Balaban J connectivity index is 1.83. The van der Waals surface area contributed by atoms with Gasteiger partial charge in [0.05, 0.1) is 13.2 Å². The maximum atomic E-state index is 12.8. The van der Waals surface area contributed by atoms with E-state index in [1.165, 1.54) is 0 Å². The SMILES string of the molecule is CC(C)(CN)C(=O)C[C@H](COCc1ccccc1)c1nnc2ccc(Br)cn12. The number of fused-ring (bicyclic) bond motifs is 1. The number of hydrogen-bond acceptors (Lipinski definition) is 5. The molecule has 1 atom stereocenters. The summed E-state index contributed by atoms with van der Waals surface area (Å²) in [7, 11) is 0. The molecule has 0 unspecified atom stereocenters. The summed E-state index contributed by atoms with van der Waals surface area (Å²) < 4.78 is 8.78. The fraction of sp³-hybridized carbons (Fsp3) is 0.381. The molecule has 0 radical (unpaired) electrons. The van der Waals surface area contributed by atoms with Gasteiger partial charge in [0.15, 0.2) is 5.65 Å². The standard InChI is InChI=1S/C21H25BrN4O2/c1-21(2,14-23)18(27)10-16(13-28-12-15-6-4-3-5-7-15)20-25-24-19-9-8-17(22)11-26(19)20/h3-9,11,16H,10,12-14,23H2,1-2H3/t16-/m1/s1. The highest BCUT2D eigenvalue weighted by atomic mass is 79.9. The van der Waals surface area contributed by atoms with Crippen LogP contribution in [-0.2, 0) is 16.1 Å². The van der Waals surface area contributed by atoms with Gasteiger partial charge < -0.3 is 10.5 Å². The van der Waals surface area contributed by atoms with E-state index in [4.69, 9.17) is 10.5 Å². The number of pyridine rings is 1. The lowest BCUT2D eigenvalue weighted by atomic mass is 9.83. The van der Waals surface area contributed by atoms with Crippen LogP contribution in [0.15, 0.2) is 53.1 Å². The van der Waals surface area contributed by atoms with Crippen molar-refractivity contribution >= 4 is 27.4 Å². The number of nitrogens with zero attached hydrogens (tertiary/aromatic N) is 3. The van der Waals surface area contributed by atoms with Crippen molar-refractivity contribution in [2.75, 3.05) is 13.2 Å². The lowest BCUT2D eigenvalue weighted by molar-refractivity contribution is -0.127. The van der Waals surface area contributed by atoms with E-state index in [9.17, 15) is 4.79 Å². The molecule has 0 aliphatic rings. The van der Waals surface area contributed by atoms with Gasteiger partial charge in [-0.2, -0.15) is 0 Å². The van der Waals surface area contributed by atoms with E-state index in [1.807, 2.05) is 66.9 Å². The summed E-state index contributed by atoms with van der Waals surface area (Å²) in [5, 5.41) is 8.59. The zero-order valence-corrected chi connectivity index (χ0v) is 17.7. The van der Waals surface area contributed by atoms with Crippen molar-refractivity contribution in [1.82, 2.24) is 14.6 Å². The first kappa shape index (κ1) is 20.6. The third-order valence-electron chi connectivity index (χ3n) is 4.89. The van der Waals surface area contributed by atoms with Gasteiger partial charge in [0, 0.05) is 35.0 Å². The smallest absolute Gasteiger partial charge is 0.160 e. The van der Waals surface area contributed by atoms with Gasteiger partial charge in [0.1, 0.15) is 11.6 Å². The van der Waals surface area contributed by atoms with Gasteiger partial charge in [-0.15, -0.1) is 10.2 Å². The van der Waals surface area contributed by atoms with Gasteiger partial charge in [0.2, 0.25) is 0 Å². The third-order valence-corrected chi connectivity index (χ3v) is 5.35. The Bertz CT molecular complexity index is 940. The minimum Gasteiger partial charge on any atom is -0.376 e. The molecule has 1 aromatic carbocycles. The van der Waals surface area contributed by atoms with Gasteiger partial charge in [0.25, 0.3) is 0 Å². The van der Waals surface area contributed by atoms with Crippen molar-refractivity contribution in [3.05, 3.63) is 64.5 Å². The van der Waals surface area contributed by atoms with Crippen LogP contribution in [0.2, 0.25) is 0 Å². The summed E-state index contributed by atoms with van der Waals surface area (Å²) >= 11 is 3.49. The van der Waals surface area contributed by atoms with Gasteiger partial charge in [-0.3, -0.25) is 9.20 Å². The maximum Gasteiger partial charge on any atom is 0.160 e. The van der Waals surface area contributed by atoms with Crippen LogP contribution in [0.5, 0.6) is 0 Å². The molecule has 0 fully saturated rings. The van der Waals surface area contributed by atoms with Gasteiger partial charge in [-0.1, -0.05) is 44.2 Å². The molecule has 6 nitrogen and oxygen atoms in total. The van der Waals surface area contributed by atoms with Gasteiger partial charge in [-0.25, -0.2) is 0 Å². The molecular weight excluding hydrogens is 420 g/mol. The Morgan fingerprint density at radius 1 is 1.21 bits per heavy atom. The molecule has 148 valence electrons. The molecule has 2 heterocycles. The molecule has 0 saturated carbocycles. The summed E-state index contributed by atoms with van der Waals surface area (Å²) in [6, 6.07) is 13.8. The second-order valence-corrected chi connectivity index (χ2v) is 8.46. The minimum absolute atomic E-state index is 0.0926. The fourth-order valence-corrected chi connectivity index (χ4v) is 3.23. The van der Waals surface area contributed by atoms with Gasteiger partial charge in [-0.05, 0) is 33.6 Å². The molecule has 0 aliphatic heterocycles. The molecule has 2 aromatic heterocycles. The summed E-state index contributed by atoms with van der Waals surface area (Å²) in [5.74, 6) is 0.590. The van der Waals surface area contributed by atoms with Crippen LogP contribution in [-0.4, -0.2) is 33.5 Å². The number of aromatic nitrogens is 3. The van der Waals surface area contributed by atoms with Crippen LogP contribution in [0.4, 0.5) is 0 Å².